The van der Waals surface area contributed by atoms with Gasteiger partial charge < -0.3 is 4.90 Å². The van der Waals surface area contributed by atoms with Gasteiger partial charge in [-0.3, -0.25) is 0 Å². The van der Waals surface area contributed by atoms with Gasteiger partial charge in [-0.2, -0.15) is 0 Å². The molecule has 10 rings (SSSR count). The number of benzene rings is 9. The van der Waals surface area contributed by atoms with Crippen LogP contribution in [0.4, 0.5) is 17.1 Å². The molecule has 1 aromatic heterocycles. The maximum atomic E-state index is 2.44. The molecule has 1 nitrogen and oxygen atoms in total. The summed E-state index contributed by atoms with van der Waals surface area (Å²) < 4.78 is 2.64. The van der Waals surface area contributed by atoms with E-state index in [1.807, 2.05) is 11.3 Å². The van der Waals surface area contributed by atoms with E-state index in [4.69, 9.17) is 0 Å². The summed E-state index contributed by atoms with van der Waals surface area (Å²) in [5, 5.41) is 12.9. The van der Waals surface area contributed by atoms with Gasteiger partial charge in [0, 0.05) is 37.1 Å². The molecule has 0 amide bonds. The monoisotopic (exact) mass is 627 g/mol. The number of thiophene rings is 1. The van der Waals surface area contributed by atoms with Crippen molar-refractivity contribution in [2.75, 3.05) is 4.90 Å². The van der Waals surface area contributed by atoms with Gasteiger partial charge in [0.05, 0.1) is 5.69 Å². The molecule has 224 valence electrons. The van der Waals surface area contributed by atoms with Gasteiger partial charge in [-0.1, -0.05) is 146 Å². The molecule has 9 aromatic carbocycles. The molecule has 0 aliphatic carbocycles. The fraction of sp³-hybridized carbons (Fsp3) is 0. The van der Waals surface area contributed by atoms with Crippen LogP contribution in [0.3, 0.4) is 0 Å². The number of nitrogens with zero attached hydrogens (tertiary/aromatic N) is 1. The van der Waals surface area contributed by atoms with Crippen LogP contribution in [0.1, 0.15) is 0 Å². The quantitative estimate of drug-likeness (QED) is 0.176. The Morgan fingerprint density at radius 3 is 1.81 bits per heavy atom. The summed E-state index contributed by atoms with van der Waals surface area (Å²) in [6, 6.07) is 64.5. The van der Waals surface area contributed by atoms with Crippen molar-refractivity contribution in [3.05, 3.63) is 176 Å². The van der Waals surface area contributed by atoms with E-state index in [0.29, 0.717) is 0 Å². The molecule has 0 aliphatic heterocycles. The standard InChI is InChI=1S/C46H29NS/c1-2-10-30(11-3-1)37-14-8-9-17-43(37)47(36-24-27-41-42-25-22-32-13-5-7-16-40(32)46(42)48-44(41)29-36)35-23-26-39-34(28-35)21-20-33-19-18-31-12-4-6-15-38(31)45(33)39/h1-29H. The molecule has 0 atom stereocenters. The molecule has 0 spiro atoms. The van der Waals surface area contributed by atoms with Gasteiger partial charge in [-0.05, 0) is 79.0 Å². The lowest BCUT2D eigenvalue weighted by molar-refractivity contribution is 1.30. The van der Waals surface area contributed by atoms with Crippen LogP contribution in [0.2, 0.25) is 0 Å². The second-order valence-electron chi connectivity index (χ2n) is 12.5. The van der Waals surface area contributed by atoms with Crippen molar-refractivity contribution in [3.8, 4) is 11.1 Å². The first-order chi connectivity index (χ1) is 23.8. The van der Waals surface area contributed by atoms with Crippen molar-refractivity contribution < 1.29 is 0 Å². The average Bonchev–Trinajstić information content (AvgIpc) is 3.54. The van der Waals surface area contributed by atoms with Crippen molar-refractivity contribution in [1.82, 2.24) is 0 Å². The molecule has 0 radical (unpaired) electrons. The van der Waals surface area contributed by atoms with Crippen LogP contribution in [0, 0.1) is 0 Å². The topological polar surface area (TPSA) is 3.24 Å². The van der Waals surface area contributed by atoms with Gasteiger partial charge in [0.15, 0.2) is 0 Å². The third-order valence-corrected chi connectivity index (χ3v) is 11.0. The van der Waals surface area contributed by atoms with Crippen LogP contribution in [0.5, 0.6) is 0 Å². The Balaban J connectivity index is 1.23. The highest BCUT2D eigenvalue weighted by Crippen LogP contribution is 2.46. The molecule has 10 aromatic rings. The molecular weight excluding hydrogens is 599 g/mol. The van der Waals surface area contributed by atoms with E-state index in [1.165, 1.54) is 74.4 Å². The summed E-state index contributed by atoms with van der Waals surface area (Å²) in [7, 11) is 0. The zero-order valence-corrected chi connectivity index (χ0v) is 26.9. The Bertz CT molecular complexity index is 2850. The number of rotatable bonds is 4. The number of hydrogen-bond donors (Lipinski definition) is 0. The van der Waals surface area contributed by atoms with Crippen LogP contribution in [-0.4, -0.2) is 0 Å². The number of fused-ring (bicyclic) bond motifs is 10. The fourth-order valence-electron chi connectivity index (χ4n) is 7.55. The lowest BCUT2D eigenvalue weighted by Crippen LogP contribution is -2.11. The molecule has 0 saturated heterocycles. The second kappa shape index (κ2) is 10.8. The first-order valence-electron chi connectivity index (χ1n) is 16.4. The highest BCUT2D eigenvalue weighted by atomic mass is 32.1. The van der Waals surface area contributed by atoms with Gasteiger partial charge in [0.25, 0.3) is 0 Å². The lowest BCUT2D eigenvalue weighted by atomic mass is 9.96. The number of anilines is 3. The van der Waals surface area contributed by atoms with Gasteiger partial charge >= 0.3 is 0 Å². The van der Waals surface area contributed by atoms with E-state index in [9.17, 15) is 0 Å². The summed E-state index contributed by atoms with van der Waals surface area (Å²) in [4.78, 5) is 2.44. The zero-order valence-electron chi connectivity index (χ0n) is 26.1. The summed E-state index contributed by atoms with van der Waals surface area (Å²) in [6.45, 7) is 0. The van der Waals surface area contributed by atoms with Crippen molar-refractivity contribution >= 4 is 91.7 Å². The van der Waals surface area contributed by atoms with Gasteiger partial charge in [-0.25, -0.2) is 0 Å². The summed E-state index contributed by atoms with van der Waals surface area (Å²) in [6.07, 6.45) is 0. The van der Waals surface area contributed by atoms with Crippen LogP contribution in [0.25, 0.3) is 74.4 Å². The summed E-state index contributed by atoms with van der Waals surface area (Å²) in [5.74, 6) is 0. The summed E-state index contributed by atoms with van der Waals surface area (Å²) in [5.41, 5.74) is 5.83. The van der Waals surface area contributed by atoms with E-state index in [2.05, 4.69) is 181 Å². The largest absolute Gasteiger partial charge is 0.310 e. The molecule has 0 N–H and O–H groups in total. The van der Waals surface area contributed by atoms with Crippen molar-refractivity contribution in [3.63, 3.8) is 0 Å². The molecule has 0 saturated carbocycles. The van der Waals surface area contributed by atoms with E-state index in [1.54, 1.807) is 0 Å². The Kier molecular flexibility index (Phi) is 6.12. The van der Waals surface area contributed by atoms with Crippen molar-refractivity contribution in [2.45, 2.75) is 0 Å². The van der Waals surface area contributed by atoms with Crippen LogP contribution in [-0.2, 0) is 0 Å². The molecule has 0 unspecified atom stereocenters. The SMILES string of the molecule is c1ccc(-c2ccccc2N(c2ccc3c(ccc4ccc5ccccc5c43)c2)c2ccc3c(c2)sc2c4ccccc4ccc32)cc1. The third-order valence-electron chi connectivity index (χ3n) is 9.80. The summed E-state index contributed by atoms with van der Waals surface area (Å²) >= 11 is 1.89. The minimum atomic E-state index is 1.14. The molecule has 1 heterocycles. The highest BCUT2D eigenvalue weighted by molar-refractivity contribution is 7.26. The Labute approximate surface area is 282 Å². The number of para-hydroxylation sites is 1. The molecular formula is C46H29NS. The van der Waals surface area contributed by atoms with Gasteiger partial charge in [-0.15, -0.1) is 11.3 Å². The third kappa shape index (κ3) is 4.24. The maximum absolute atomic E-state index is 2.44. The molecule has 0 fully saturated rings. The van der Waals surface area contributed by atoms with Crippen LogP contribution in [0.15, 0.2) is 176 Å². The van der Waals surface area contributed by atoms with Crippen molar-refractivity contribution in [1.29, 1.82) is 0 Å². The van der Waals surface area contributed by atoms with E-state index in [-0.39, 0.29) is 0 Å². The molecule has 0 aliphatic rings. The first-order valence-corrected chi connectivity index (χ1v) is 17.2. The molecule has 48 heavy (non-hydrogen) atoms. The Morgan fingerprint density at radius 1 is 0.375 bits per heavy atom. The fourth-order valence-corrected chi connectivity index (χ4v) is 8.82. The average molecular weight is 628 g/mol. The van der Waals surface area contributed by atoms with Gasteiger partial charge in [0.1, 0.15) is 0 Å². The smallest absolute Gasteiger partial charge is 0.0540 e. The van der Waals surface area contributed by atoms with E-state index >= 15 is 0 Å². The van der Waals surface area contributed by atoms with Crippen LogP contribution >= 0.6 is 11.3 Å². The number of hydrogen-bond acceptors (Lipinski definition) is 2. The van der Waals surface area contributed by atoms with Crippen molar-refractivity contribution in [2.24, 2.45) is 0 Å². The first kappa shape index (κ1) is 27.2. The predicted molar refractivity (Wildman–Crippen MR) is 209 cm³/mol. The Hall–Kier alpha value is -5.96. The lowest BCUT2D eigenvalue weighted by Gasteiger charge is -2.28. The van der Waals surface area contributed by atoms with Crippen LogP contribution < -0.4 is 4.90 Å². The molecule has 2 heteroatoms. The zero-order chi connectivity index (χ0) is 31.6. The minimum Gasteiger partial charge on any atom is -0.310 e. The predicted octanol–water partition coefficient (Wildman–Crippen LogP) is 13.8. The minimum absolute atomic E-state index is 1.14. The second-order valence-corrected chi connectivity index (χ2v) is 13.6. The van der Waals surface area contributed by atoms with Gasteiger partial charge in [0.2, 0.25) is 0 Å². The normalized spacial score (nSPS) is 11.8. The molecule has 0 bridgehead atoms. The Morgan fingerprint density at radius 2 is 0.958 bits per heavy atom. The van der Waals surface area contributed by atoms with E-state index in [0.717, 1.165) is 17.1 Å². The highest BCUT2D eigenvalue weighted by Gasteiger charge is 2.19. The van der Waals surface area contributed by atoms with E-state index < -0.39 is 0 Å². The maximum Gasteiger partial charge on any atom is 0.0540 e.